The van der Waals surface area contributed by atoms with Crippen molar-refractivity contribution in [3.63, 3.8) is 0 Å². The third-order valence-corrected chi connectivity index (χ3v) is 3.19. The predicted octanol–water partition coefficient (Wildman–Crippen LogP) is 3.26. The fourth-order valence-corrected chi connectivity index (χ4v) is 2.33. The normalized spacial score (nSPS) is 14.7. The van der Waals surface area contributed by atoms with E-state index in [1.807, 2.05) is 6.07 Å². The molecule has 1 aliphatic heterocycles. The minimum absolute atomic E-state index is 0.873. The monoisotopic (exact) mass is 236 g/mol. The number of rotatable bonds is 2. The van der Waals surface area contributed by atoms with Crippen molar-refractivity contribution in [1.29, 1.82) is 0 Å². The summed E-state index contributed by atoms with van der Waals surface area (Å²) in [4.78, 5) is 6.93. The van der Waals surface area contributed by atoms with Crippen LogP contribution in [0.3, 0.4) is 0 Å². The number of nitrogens with zero attached hydrogens (tertiary/aromatic N) is 2. The van der Waals surface area contributed by atoms with Crippen LogP contribution in [0.1, 0.15) is 11.1 Å². The van der Waals surface area contributed by atoms with Gasteiger partial charge in [0.15, 0.2) is 0 Å². The van der Waals surface area contributed by atoms with E-state index >= 15 is 0 Å². The smallest absolute Gasteiger partial charge is 0.135 e. The molecule has 0 aromatic heterocycles. The molecule has 0 spiro atoms. The first-order valence-corrected chi connectivity index (χ1v) is 6.29. The maximum absolute atomic E-state index is 4.64. The van der Waals surface area contributed by atoms with E-state index in [-0.39, 0.29) is 0 Å². The Labute approximate surface area is 108 Å². The van der Waals surface area contributed by atoms with Gasteiger partial charge in [0.25, 0.3) is 0 Å². The number of hydrogen-bond donors (Lipinski definition) is 0. The molecule has 0 bridgehead atoms. The Hall–Kier alpha value is -2.09. The molecule has 0 aliphatic carbocycles. The maximum atomic E-state index is 4.64. The van der Waals surface area contributed by atoms with E-state index in [9.17, 15) is 0 Å². The van der Waals surface area contributed by atoms with E-state index in [0.29, 0.717) is 0 Å². The summed E-state index contributed by atoms with van der Waals surface area (Å²) in [7, 11) is 0. The summed E-state index contributed by atoms with van der Waals surface area (Å²) in [5.41, 5.74) is 3.71. The van der Waals surface area contributed by atoms with Gasteiger partial charge in [0.2, 0.25) is 0 Å². The Morgan fingerprint density at radius 2 is 1.83 bits per heavy atom. The lowest BCUT2D eigenvalue weighted by molar-refractivity contribution is 1.02. The van der Waals surface area contributed by atoms with Crippen LogP contribution in [-0.4, -0.2) is 18.9 Å². The lowest BCUT2D eigenvalue weighted by Crippen LogP contribution is -2.28. The number of anilines is 1. The van der Waals surface area contributed by atoms with E-state index in [1.54, 1.807) is 0 Å². The Kier molecular flexibility index (Phi) is 2.85. The topological polar surface area (TPSA) is 15.6 Å². The zero-order valence-corrected chi connectivity index (χ0v) is 10.5. The average Bonchev–Trinajstić information content (AvgIpc) is 2.89. The van der Waals surface area contributed by atoms with Crippen LogP contribution < -0.4 is 4.90 Å². The molecule has 2 nitrogen and oxygen atoms in total. The zero-order valence-electron chi connectivity index (χ0n) is 10.5. The van der Waals surface area contributed by atoms with E-state index in [1.165, 1.54) is 16.8 Å². The van der Waals surface area contributed by atoms with E-state index < -0.39 is 0 Å². The molecule has 3 rings (SSSR count). The average molecular weight is 236 g/mol. The van der Waals surface area contributed by atoms with E-state index in [2.05, 4.69) is 65.3 Å². The summed E-state index contributed by atoms with van der Waals surface area (Å²) in [5, 5.41) is 0. The van der Waals surface area contributed by atoms with Gasteiger partial charge in [0.1, 0.15) is 5.84 Å². The standard InChI is InChI=1S/C16H16N2/c1-13-6-5-9-15(12-13)18-11-10-17-16(18)14-7-3-2-4-8-14/h2-9,12H,10-11H2,1H3. The maximum Gasteiger partial charge on any atom is 0.135 e. The van der Waals surface area contributed by atoms with Crippen LogP contribution in [0.2, 0.25) is 0 Å². The molecule has 0 N–H and O–H groups in total. The molecule has 90 valence electrons. The van der Waals surface area contributed by atoms with Gasteiger partial charge in [-0.3, -0.25) is 4.99 Å². The Morgan fingerprint density at radius 3 is 2.61 bits per heavy atom. The number of aryl methyl sites for hydroxylation is 1. The van der Waals surface area contributed by atoms with Crippen LogP contribution in [-0.2, 0) is 0 Å². The lowest BCUT2D eigenvalue weighted by Gasteiger charge is -2.21. The van der Waals surface area contributed by atoms with Gasteiger partial charge in [-0.1, -0.05) is 42.5 Å². The molecule has 2 aromatic carbocycles. The molecule has 2 aromatic rings. The molecule has 1 heterocycles. The van der Waals surface area contributed by atoms with Gasteiger partial charge in [-0.25, -0.2) is 0 Å². The van der Waals surface area contributed by atoms with Crippen molar-refractivity contribution in [2.45, 2.75) is 6.92 Å². The first-order valence-electron chi connectivity index (χ1n) is 6.29. The summed E-state index contributed by atoms with van der Waals surface area (Å²) in [6.07, 6.45) is 0. The number of hydrogen-bond acceptors (Lipinski definition) is 2. The molecule has 0 unspecified atom stereocenters. The molecule has 0 saturated heterocycles. The fraction of sp³-hybridized carbons (Fsp3) is 0.188. The number of benzene rings is 2. The molecule has 1 aliphatic rings. The van der Waals surface area contributed by atoms with Crippen LogP contribution in [0.15, 0.2) is 59.6 Å². The Morgan fingerprint density at radius 1 is 1.00 bits per heavy atom. The second-order valence-corrected chi connectivity index (χ2v) is 4.56. The molecule has 0 fully saturated rings. The highest BCUT2D eigenvalue weighted by molar-refractivity contribution is 6.11. The lowest BCUT2D eigenvalue weighted by atomic mass is 10.1. The van der Waals surface area contributed by atoms with Crippen molar-refractivity contribution < 1.29 is 0 Å². The van der Waals surface area contributed by atoms with Crippen molar-refractivity contribution in [2.75, 3.05) is 18.0 Å². The summed E-state index contributed by atoms with van der Waals surface area (Å²) in [5.74, 6) is 1.08. The molecule has 0 saturated carbocycles. The van der Waals surface area contributed by atoms with Gasteiger partial charge in [0, 0.05) is 17.8 Å². The summed E-state index contributed by atoms with van der Waals surface area (Å²) >= 11 is 0. The third-order valence-electron chi connectivity index (χ3n) is 3.19. The SMILES string of the molecule is Cc1cccc(N2CCN=C2c2ccccc2)c1. The van der Waals surface area contributed by atoms with Crippen molar-refractivity contribution in [1.82, 2.24) is 0 Å². The predicted molar refractivity (Wildman–Crippen MR) is 76.4 cm³/mol. The highest BCUT2D eigenvalue weighted by Crippen LogP contribution is 2.21. The Balaban J connectivity index is 1.97. The summed E-state index contributed by atoms with van der Waals surface area (Å²) < 4.78 is 0. The zero-order chi connectivity index (χ0) is 12.4. The molecule has 18 heavy (non-hydrogen) atoms. The van der Waals surface area contributed by atoms with Crippen molar-refractivity contribution >= 4 is 11.5 Å². The largest absolute Gasteiger partial charge is 0.324 e. The van der Waals surface area contributed by atoms with Crippen LogP contribution in [0.5, 0.6) is 0 Å². The summed E-state index contributed by atoms with van der Waals surface area (Å²) in [6.45, 7) is 3.96. The van der Waals surface area contributed by atoms with Gasteiger partial charge < -0.3 is 4.90 Å². The molecule has 0 atom stereocenters. The van der Waals surface area contributed by atoms with E-state index in [4.69, 9.17) is 0 Å². The highest BCUT2D eigenvalue weighted by atomic mass is 15.2. The number of aliphatic imine (C=N–C) groups is 1. The molecule has 0 radical (unpaired) electrons. The third kappa shape index (κ3) is 2.02. The van der Waals surface area contributed by atoms with Gasteiger partial charge in [-0.2, -0.15) is 0 Å². The van der Waals surface area contributed by atoms with Gasteiger partial charge in [-0.15, -0.1) is 0 Å². The minimum atomic E-state index is 0.873. The quantitative estimate of drug-likeness (QED) is 0.781. The van der Waals surface area contributed by atoms with Crippen LogP contribution in [0.25, 0.3) is 0 Å². The van der Waals surface area contributed by atoms with Crippen molar-refractivity contribution in [2.24, 2.45) is 4.99 Å². The van der Waals surface area contributed by atoms with Crippen LogP contribution >= 0.6 is 0 Å². The second kappa shape index (κ2) is 4.65. The first-order chi connectivity index (χ1) is 8.84. The number of amidine groups is 1. The Bertz CT molecular complexity index is 573. The van der Waals surface area contributed by atoms with E-state index in [0.717, 1.165) is 18.9 Å². The van der Waals surface area contributed by atoms with Crippen molar-refractivity contribution in [3.05, 3.63) is 65.7 Å². The van der Waals surface area contributed by atoms with Crippen LogP contribution in [0.4, 0.5) is 5.69 Å². The van der Waals surface area contributed by atoms with Crippen LogP contribution in [0, 0.1) is 6.92 Å². The van der Waals surface area contributed by atoms with Crippen molar-refractivity contribution in [3.8, 4) is 0 Å². The summed E-state index contributed by atoms with van der Waals surface area (Å²) in [6, 6.07) is 19.0. The van der Waals surface area contributed by atoms with Gasteiger partial charge in [0.05, 0.1) is 6.54 Å². The molecule has 2 heteroatoms. The minimum Gasteiger partial charge on any atom is -0.324 e. The fourth-order valence-electron chi connectivity index (χ4n) is 2.33. The first kappa shape index (κ1) is 11.0. The van der Waals surface area contributed by atoms with Gasteiger partial charge >= 0.3 is 0 Å². The van der Waals surface area contributed by atoms with Gasteiger partial charge in [-0.05, 0) is 24.6 Å². The second-order valence-electron chi connectivity index (χ2n) is 4.56. The molecular formula is C16H16N2. The molecular weight excluding hydrogens is 220 g/mol. The molecule has 0 amide bonds. The highest BCUT2D eigenvalue weighted by Gasteiger charge is 2.19.